The summed E-state index contributed by atoms with van der Waals surface area (Å²) < 4.78 is 24.6. The van der Waals surface area contributed by atoms with E-state index in [9.17, 15) is 9.18 Å². The summed E-state index contributed by atoms with van der Waals surface area (Å²) in [7, 11) is 0. The van der Waals surface area contributed by atoms with Crippen LogP contribution in [0, 0.1) is 5.82 Å². The van der Waals surface area contributed by atoms with E-state index < -0.39 is 0 Å². The van der Waals surface area contributed by atoms with Gasteiger partial charge >= 0.3 is 0 Å². The summed E-state index contributed by atoms with van der Waals surface area (Å²) in [6.07, 6.45) is 0. The van der Waals surface area contributed by atoms with Crippen LogP contribution >= 0.6 is 23.2 Å². The van der Waals surface area contributed by atoms with Crippen molar-refractivity contribution >= 4 is 29.1 Å². The molecule has 2 aromatic carbocycles. The predicted octanol–water partition coefficient (Wildman–Crippen LogP) is 3.82. The molecule has 0 bridgehead atoms. The Bertz CT molecular complexity index is 865. The van der Waals surface area contributed by atoms with E-state index in [4.69, 9.17) is 32.7 Å². The molecule has 2 aliphatic heterocycles. The second-order valence-corrected chi connectivity index (χ2v) is 7.27. The second-order valence-electron chi connectivity index (χ2n) is 6.46. The summed E-state index contributed by atoms with van der Waals surface area (Å²) in [6, 6.07) is 7.94. The largest absolute Gasteiger partial charge is 0.454 e. The maximum Gasteiger partial charge on any atom is 0.254 e. The van der Waals surface area contributed by atoms with Crippen LogP contribution < -0.4 is 9.47 Å². The summed E-state index contributed by atoms with van der Waals surface area (Å²) >= 11 is 12.3. The number of amides is 1. The van der Waals surface area contributed by atoms with Gasteiger partial charge in [0.1, 0.15) is 5.82 Å². The van der Waals surface area contributed by atoms with Crippen LogP contribution in [0.2, 0.25) is 10.0 Å². The number of carbonyl (C=O) groups is 1. The molecule has 2 heterocycles. The van der Waals surface area contributed by atoms with Crippen molar-refractivity contribution < 1.29 is 18.7 Å². The normalized spacial score (nSPS) is 16.6. The van der Waals surface area contributed by atoms with E-state index in [1.54, 1.807) is 29.2 Å². The SMILES string of the molecule is O=C(c1cc(Cl)c2c(c1)OCO2)N1CCN(Cc2c(F)cccc2Cl)CC1. The maximum atomic E-state index is 14.0. The Kier molecular flexibility index (Phi) is 5.12. The van der Waals surface area contributed by atoms with Crippen LogP contribution in [0.1, 0.15) is 15.9 Å². The topological polar surface area (TPSA) is 42.0 Å². The van der Waals surface area contributed by atoms with Crippen molar-refractivity contribution in [2.24, 2.45) is 0 Å². The number of fused-ring (bicyclic) bond motifs is 1. The van der Waals surface area contributed by atoms with Gasteiger partial charge in [-0.15, -0.1) is 0 Å². The number of halogens is 3. The van der Waals surface area contributed by atoms with Crippen LogP contribution in [0.4, 0.5) is 4.39 Å². The molecule has 1 amide bonds. The number of benzene rings is 2. The highest BCUT2D eigenvalue weighted by atomic mass is 35.5. The van der Waals surface area contributed by atoms with Gasteiger partial charge in [0.05, 0.1) is 5.02 Å². The number of piperazine rings is 1. The minimum Gasteiger partial charge on any atom is -0.454 e. The minimum absolute atomic E-state index is 0.101. The van der Waals surface area contributed by atoms with Gasteiger partial charge in [-0.05, 0) is 24.3 Å². The fourth-order valence-electron chi connectivity index (χ4n) is 3.29. The third-order valence-corrected chi connectivity index (χ3v) is 5.41. The smallest absolute Gasteiger partial charge is 0.254 e. The molecule has 0 spiro atoms. The number of carbonyl (C=O) groups excluding carboxylic acids is 1. The number of ether oxygens (including phenoxy) is 2. The Hall–Kier alpha value is -2.02. The van der Waals surface area contributed by atoms with Gasteiger partial charge in [0, 0.05) is 48.9 Å². The van der Waals surface area contributed by atoms with Gasteiger partial charge < -0.3 is 14.4 Å². The first-order valence-corrected chi connectivity index (χ1v) is 9.32. The van der Waals surface area contributed by atoms with E-state index >= 15 is 0 Å². The molecule has 1 saturated heterocycles. The molecule has 0 aromatic heterocycles. The Morgan fingerprint density at radius 1 is 1.07 bits per heavy atom. The summed E-state index contributed by atoms with van der Waals surface area (Å²) in [5.74, 6) is 0.535. The zero-order valence-corrected chi connectivity index (χ0v) is 15.9. The molecule has 8 heteroatoms. The number of hydrogen-bond donors (Lipinski definition) is 0. The zero-order chi connectivity index (χ0) is 19.0. The molecule has 0 aliphatic carbocycles. The van der Waals surface area contributed by atoms with Crippen LogP contribution in [0.25, 0.3) is 0 Å². The molecule has 2 aliphatic rings. The monoisotopic (exact) mass is 410 g/mol. The number of nitrogens with zero attached hydrogens (tertiary/aromatic N) is 2. The highest BCUT2D eigenvalue weighted by Crippen LogP contribution is 2.40. The van der Waals surface area contributed by atoms with Crippen LogP contribution in [0.5, 0.6) is 11.5 Å². The maximum absolute atomic E-state index is 14.0. The Labute approximate surface area is 166 Å². The Morgan fingerprint density at radius 2 is 1.85 bits per heavy atom. The van der Waals surface area contributed by atoms with Crippen LogP contribution in [0.3, 0.4) is 0 Å². The van der Waals surface area contributed by atoms with E-state index in [-0.39, 0.29) is 18.5 Å². The average molecular weight is 411 g/mol. The summed E-state index contributed by atoms with van der Waals surface area (Å²) in [5, 5.41) is 0.782. The fourth-order valence-corrected chi connectivity index (χ4v) is 3.78. The number of rotatable bonds is 3. The quantitative estimate of drug-likeness (QED) is 0.771. The summed E-state index contributed by atoms with van der Waals surface area (Å²) in [4.78, 5) is 16.6. The van der Waals surface area contributed by atoms with Crippen LogP contribution in [-0.4, -0.2) is 48.7 Å². The second kappa shape index (κ2) is 7.54. The number of hydrogen-bond acceptors (Lipinski definition) is 4. The molecular weight excluding hydrogens is 394 g/mol. The van der Waals surface area contributed by atoms with Gasteiger partial charge in [-0.2, -0.15) is 0 Å². The first-order chi connectivity index (χ1) is 13.0. The first-order valence-electron chi connectivity index (χ1n) is 8.56. The molecule has 0 radical (unpaired) electrons. The first kappa shape index (κ1) is 18.3. The predicted molar refractivity (Wildman–Crippen MR) is 100 cm³/mol. The van der Waals surface area contributed by atoms with Crippen molar-refractivity contribution in [3.8, 4) is 11.5 Å². The van der Waals surface area contributed by atoms with Gasteiger partial charge in [-0.1, -0.05) is 29.3 Å². The standard InChI is InChI=1S/C19H17Cl2FN2O3/c20-14-2-1-3-16(22)13(14)10-23-4-6-24(7-5-23)19(25)12-8-15(21)18-17(9-12)26-11-27-18/h1-3,8-9H,4-7,10-11H2. The molecule has 142 valence electrons. The van der Waals surface area contributed by atoms with Crippen molar-refractivity contribution in [1.29, 1.82) is 0 Å². The van der Waals surface area contributed by atoms with Crippen LogP contribution in [0.15, 0.2) is 30.3 Å². The van der Waals surface area contributed by atoms with Crippen molar-refractivity contribution in [2.75, 3.05) is 33.0 Å². The Morgan fingerprint density at radius 3 is 2.59 bits per heavy atom. The lowest BCUT2D eigenvalue weighted by atomic mass is 10.1. The molecular formula is C19H17Cl2FN2O3. The van der Waals surface area contributed by atoms with Gasteiger partial charge in [0.25, 0.3) is 5.91 Å². The van der Waals surface area contributed by atoms with Crippen molar-refractivity contribution in [3.05, 3.63) is 57.3 Å². The molecule has 27 heavy (non-hydrogen) atoms. The summed E-state index contributed by atoms with van der Waals surface area (Å²) in [6.45, 7) is 2.87. The van der Waals surface area contributed by atoms with Gasteiger partial charge in [-0.3, -0.25) is 9.69 Å². The summed E-state index contributed by atoms with van der Waals surface area (Å²) in [5.41, 5.74) is 0.955. The zero-order valence-electron chi connectivity index (χ0n) is 14.4. The van der Waals surface area contributed by atoms with E-state index in [0.717, 1.165) is 0 Å². The van der Waals surface area contributed by atoms with E-state index in [1.807, 2.05) is 0 Å². The molecule has 2 aromatic rings. The Balaban J connectivity index is 1.41. The van der Waals surface area contributed by atoms with Crippen molar-refractivity contribution in [1.82, 2.24) is 9.80 Å². The van der Waals surface area contributed by atoms with Gasteiger partial charge in [0.2, 0.25) is 6.79 Å². The van der Waals surface area contributed by atoms with Gasteiger partial charge in [-0.25, -0.2) is 4.39 Å². The lowest BCUT2D eigenvalue weighted by Gasteiger charge is -2.35. The fraction of sp³-hybridized carbons (Fsp3) is 0.316. The van der Waals surface area contributed by atoms with Gasteiger partial charge in [0.15, 0.2) is 11.5 Å². The molecule has 5 nitrogen and oxygen atoms in total. The third kappa shape index (κ3) is 3.70. The highest BCUT2D eigenvalue weighted by Gasteiger charge is 2.26. The highest BCUT2D eigenvalue weighted by molar-refractivity contribution is 6.32. The van der Waals surface area contributed by atoms with Crippen molar-refractivity contribution in [2.45, 2.75) is 6.54 Å². The lowest BCUT2D eigenvalue weighted by molar-refractivity contribution is 0.0626. The van der Waals surface area contributed by atoms with E-state index in [0.29, 0.717) is 65.4 Å². The molecule has 0 unspecified atom stereocenters. The molecule has 4 rings (SSSR count). The third-order valence-electron chi connectivity index (χ3n) is 4.78. The van der Waals surface area contributed by atoms with Crippen LogP contribution in [-0.2, 0) is 6.54 Å². The molecule has 0 saturated carbocycles. The molecule has 1 fully saturated rings. The van der Waals surface area contributed by atoms with E-state index in [2.05, 4.69) is 4.90 Å². The molecule has 0 atom stereocenters. The average Bonchev–Trinajstić information content (AvgIpc) is 3.14. The van der Waals surface area contributed by atoms with E-state index in [1.165, 1.54) is 6.07 Å². The molecule has 0 N–H and O–H groups in total. The van der Waals surface area contributed by atoms with Crippen molar-refractivity contribution in [3.63, 3.8) is 0 Å². The minimum atomic E-state index is -0.309. The lowest BCUT2D eigenvalue weighted by Crippen LogP contribution is -2.48.